The molecule has 9 aromatic rings. The first-order valence-electron chi connectivity index (χ1n) is 40.1. The average Bonchev–Trinajstić information content (AvgIpc) is 1.59. The summed E-state index contributed by atoms with van der Waals surface area (Å²) in [5, 5.41) is 38.0. The Morgan fingerprint density at radius 3 is 1.50 bits per heavy atom. The Hall–Kier alpha value is -12.2. The lowest BCUT2D eigenvalue weighted by Gasteiger charge is -2.16. The minimum atomic E-state index is -0.640. The second-order valence-electron chi connectivity index (χ2n) is 28.9. The van der Waals surface area contributed by atoms with E-state index in [1.807, 2.05) is 67.1 Å². The minimum Gasteiger partial charge on any atom is -0.379 e. The number of nitrogens with zero attached hydrogens (tertiary/aromatic N) is 13. The summed E-state index contributed by atoms with van der Waals surface area (Å²) in [6.45, 7) is 13.0. The molecule has 10 rings (SSSR count). The standard InChI is InChI=1S/C82H106ClN23O16S/c1-52-53(2)123-82-71(52)72(56-14-16-57(83)17-15-56)93-61(73-99-98-54(3)106(73)82)46-70(111)90-58-18-12-55(13-19-58)51-122-43-42-121-41-40-120-39-38-119-37-36-118-35-34-117-33-23-67(108)85-25-11-31-100(4)30-10-24-84-66(107)20-26-89-79(114)75-96-64(49-104(75)8)94-68(109)21-27-88-78(113)63-45-60(48-103(63)7)92-81(116)76-97-65(50-105(76)9)95-69(110)22-28-87-77(112)62-44-59(47-102(62)6)91-80(115)74-86-29-32-101(74)5/h12-19,29,32,44-45,47-50,61H,10-11,20-28,30-31,33-43,46,51H2,1-9H3,(H,84,107)(H,85,108)(H,87,112)(H,88,113)(H,89,114)(H,90,111)(H,91,115)(H,92,116)(H,94,109)(H,95,110)/t61-/m0/s1. The van der Waals surface area contributed by atoms with Crippen molar-refractivity contribution < 1.29 is 76.4 Å². The first kappa shape index (κ1) is 93.1. The highest BCUT2D eigenvalue weighted by Crippen LogP contribution is 2.40. The van der Waals surface area contributed by atoms with Gasteiger partial charge in [-0.2, -0.15) is 0 Å². The molecule has 10 N–H and O–H groups in total. The Morgan fingerprint density at radius 1 is 0.480 bits per heavy atom. The summed E-state index contributed by atoms with van der Waals surface area (Å²) in [6.07, 6.45) is 10.6. The van der Waals surface area contributed by atoms with Crippen LogP contribution in [0, 0.1) is 20.8 Å². The van der Waals surface area contributed by atoms with Crippen molar-refractivity contribution in [2.45, 2.75) is 78.4 Å². The predicted octanol–water partition coefficient (Wildman–Crippen LogP) is 5.48. The normalized spacial score (nSPS) is 12.3. The Kier molecular flexibility index (Phi) is 35.4. The smallest absolute Gasteiger partial charge is 0.291 e. The van der Waals surface area contributed by atoms with E-state index in [1.54, 1.807) is 63.5 Å². The zero-order chi connectivity index (χ0) is 87.9. The lowest BCUT2D eigenvalue weighted by molar-refractivity contribution is -0.122. The third-order valence-corrected chi connectivity index (χ3v) is 20.7. The van der Waals surface area contributed by atoms with Crippen LogP contribution in [0.3, 0.4) is 0 Å². The number of fused-ring (bicyclic) bond motifs is 3. The first-order chi connectivity index (χ1) is 59.2. The molecule has 2 aromatic carbocycles. The number of nitrogens with one attached hydrogen (secondary N) is 10. The van der Waals surface area contributed by atoms with E-state index < -0.39 is 47.4 Å². The van der Waals surface area contributed by atoms with Gasteiger partial charge in [-0.25, -0.2) is 15.0 Å². The number of hydrogen-bond acceptors (Lipinski definition) is 24. The molecule has 0 bridgehead atoms. The molecule has 1 atom stereocenters. The fourth-order valence-electron chi connectivity index (χ4n) is 12.8. The number of carbonyl (C=O) groups is 10. The van der Waals surface area contributed by atoms with Crippen LogP contribution in [0.2, 0.25) is 5.02 Å². The van der Waals surface area contributed by atoms with E-state index in [1.165, 1.54) is 60.1 Å². The lowest BCUT2D eigenvalue weighted by Crippen LogP contribution is -2.33. The van der Waals surface area contributed by atoms with Crippen molar-refractivity contribution in [2.24, 2.45) is 40.2 Å². The maximum absolute atomic E-state index is 13.6. The highest BCUT2D eigenvalue weighted by atomic mass is 35.5. The number of hydrogen-bond donors (Lipinski definition) is 10. The Labute approximate surface area is 719 Å². The van der Waals surface area contributed by atoms with Crippen LogP contribution >= 0.6 is 22.9 Å². The number of halogens is 1. The number of rotatable bonds is 50. The molecule has 39 nitrogen and oxygen atoms in total. The van der Waals surface area contributed by atoms with Crippen LogP contribution in [-0.2, 0) is 94.2 Å². The molecule has 7 aromatic heterocycles. The van der Waals surface area contributed by atoms with Gasteiger partial charge >= 0.3 is 0 Å². The largest absolute Gasteiger partial charge is 0.379 e. The fraction of sp³-hybridized carbons (Fsp3) is 0.439. The van der Waals surface area contributed by atoms with Gasteiger partial charge in [0.05, 0.1) is 103 Å². The minimum absolute atomic E-state index is 0.00287. The summed E-state index contributed by atoms with van der Waals surface area (Å²) in [4.78, 5) is 150. The number of aryl methyl sites for hydroxylation is 7. The van der Waals surface area contributed by atoms with Crippen LogP contribution in [0.25, 0.3) is 5.00 Å². The number of imidazole rings is 3. The van der Waals surface area contributed by atoms with Crippen molar-refractivity contribution in [3.8, 4) is 5.00 Å². The molecule has 658 valence electrons. The van der Waals surface area contributed by atoms with E-state index in [0.29, 0.717) is 121 Å². The van der Waals surface area contributed by atoms with Gasteiger partial charge in [0.2, 0.25) is 41.2 Å². The summed E-state index contributed by atoms with van der Waals surface area (Å²) in [5.74, 6) is -2.53. The molecule has 8 heterocycles. The number of amides is 10. The second-order valence-corrected chi connectivity index (χ2v) is 30.5. The maximum atomic E-state index is 13.6. The zero-order valence-electron chi connectivity index (χ0n) is 70.3. The topological polar surface area (TPSA) is 456 Å². The Balaban J connectivity index is 0.473. The summed E-state index contributed by atoms with van der Waals surface area (Å²) in [6, 6.07) is 17.5. The molecular formula is C82H106ClN23O16S. The summed E-state index contributed by atoms with van der Waals surface area (Å²) in [7, 11) is 10.0. The summed E-state index contributed by atoms with van der Waals surface area (Å²) in [5.41, 5.74) is 6.47. The molecule has 0 saturated carbocycles. The molecular weight excluding hydrogens is 1630 g/mol. The van der Waals surface area contributed by atoms with Gasteiger partial charge in [-0.05, 0) is 101 Å². The molecule has 1 aliphatic heterocycles. The molecule has 0 saturated heterocycles. The van der Waals surface area contributed by atoms with Crippen LogP contribution in [0.1, 0.15) is 143 Å². The number of thiophene rings is 1. The average molecular weight is 1740 g/mol. The summed E-state index contributed by atoms with van der Waals surface area (Å²) < 4.78 is 43.2. The zero-order valence-corrected chi connectivity index (χ0v) is 71.9. The number of ether oxygens (including phenoxy) is 6. The second kappa shape index (κ2) is 46.8. The van der Waals surface area contributed by atoms with E-state index in [9.17, 15) is 47.9 Å². The number of anilines is 5. The summed E-state index contributed by atoms with van der Waals surface area (Å²) >= 11 is 7.92. The van der Waals surface area contributed by atoms with E-state index in [2.05, 4.69) is 97.1 Å². The molecule has 41 heteroatoms. The fourth-order valence-corrected chi connectivity index (χ4v) is 14.1. The monoisotopic (exact) mass is 1740 g/mol. The van der Waals surface area contributed by atoms with Crippen LogP contribution in [0.5, 0.6) is 0 Å². The van der Waals surface area contributed by atoms with Gasteiger partial charge in [0.25, 0.3) is 29.5 Å². The van der Waals surface area contributed by atoms with E-state index in [4.69, 9.17) is 45.0 Å². The number of aliphatic imine (C=N–C) groups is 1. The van der Waals surface area contributed by atoms with Gasteiger partial charge in [0, 0.05) is 158 Å². The molecule has 10 amide bonds. The third kappa shape index (κ3) is 28.2. The van der Waals surface area contributed by atoms with Gasteiger partial charge < -0.3 is 109 Å². The highest BCUT2D eigenvalue weighted by molar-refractivity contribution is 7.15. The van der Waals surface area contributed by atoms with Crippen LogP contribution in [0.4, 0.5) is 28.7 Å². The molecule has 1 aliphatic rings. The van der Waals surface area contributed by atoms with Gasteiger partial charge in [-0.1, -0.05) is 35.9 Å². The van der Waals surface area contributed by atoms with Crippen molar-refractivity contribution in [1.82, 2.24) is 84.0 Å². The predicted molar refractivity (Wildman–Crippen MR) is 459 cm³/mol. The highest BCUT2D eigenvalue weighted by Gasteiger charge is 2.33. The van der Waals surface area contributed by atoms with E-state index in [-0.39, 0.29) is 122 Å². The van der Waals surface area contributed by atoms with Crippen molar-refractivity contribution in [3.05, 3.63) is 171 Å². The van der Waals surface area contributed by atoms with E-state index in [0.717, 1.165) is 51.8 Å². The van der Waals surface area contributed by atoms with Crippen molar-refractivity contribution >= 4 is 116 Å². The number of benzene rings is 2. The van der Waals surface area contributed by atoms with Gasteiger partial charge in [0.15, 0.2) is 23.3 Å². The Morgan fingerprint density at radius 2 is 0.967 bits per heavy atom. The molecule has 0 aliphatic carbocycles. The SMILES string of the molecule is Cc1sc2c(c1C)C(c1ccc(Cl)cc1)=N[C@@H](CC(=O)Nc1ccc(COCCOCCOCCOCCOCCOCCC(=O)NCCCN(C)CCCNC(=O)CCNC(=O)c3nc(NC(=O)CCNC(=O)c4cc(NC(=O)c5nc(NC(=O)CCNC(=O)c6cc(NC(=O)c7nccn7C)cn6C)cn5C)cn4C)cn3C)cc1)c1nnc(C)n1-2. The van der Waals surface area contributed by atoms with Gasteiger partial charge in [-0.15, -0.1) is 21.5 Å². The molecule has 123 heavy (non-hydrogen) atoms. The van der Waals surface area contributed by atoms with Gasteiger partial charge in [0.1, 0.15) is 28.3 Å². The van der Waals surface area contributed by atoms with Crippen molar-refractivity contribution in [3.63, 3.8) is 0 Å². The molecule has 0 fully saturated rings. The van der Waals surface area contributed by atoms with Crippen molar-refractivity contribution in [2.75, 3.05) is 152 Å². The van der Waals surface area contributed by atoms with E-state index >= 15 is 0 Å². The van der Waals surface area contributed by atoms with Crippen LogP contribution in [0.15, 0.2) is 103 Å². The number of carbonyl (C=O) groups excluding carboxylic acids is 10. The third-order valence-electron chi connectivity index (χ3n) is 19.3. The molecule has 0 spiro atoms. The molecule has 0 radical (unpaired) electrons. The van der Waals surface area contributed by atoms with Crippen molar-refractivity contribution in [1.29, 1.82) is 0 Å². The van der Waals surface area contributed by atoms with Gasteiger partial charge in [-0.3, -0.25) is 57.5 Å². The number of aromatic nitrogens is 11. The quantitative estimate of drug-likeness (QED) is 0.0211. The maximum Gasteiger partial charge on any atom is 0.291 e. The first-order valence-corrected chi connectivity index (χ1v) is 41.3. The molecule has 0 unspecified atom stereocenters. The van der Waals surface area contributed by atoms with Crippen LogP contribution in [-0.4, -0.2) is 248 Å². The Bertz CT molecular complexity index is 5160. The lowest BCUT2D eigenvalue weighted by atomic mass is 9.99. The van der Waals surface area contributed by atoms with Crippen LogP contribution < -0.4 is 53.2 Å².